The van der Waals surface area contributed by atoms with E-state index in [1.807, 2.05) is 6.07 Å². The maximum atomic E-state index is 11.8. The molecule has 1 fully saturated rings. The summed E-state index contributed by atoms with van der Waals surface area (Å²) in [5, 5.41) is 20.7. The Labute approximate surface area is 124 Å². The van der Waals surface area contributed by atoms with Crippen molar-refractivity contribution in [1.29, 1.82) is 0 Å². The van der Waals surface area contributed by atoms with Gasteiger partial charge in [0.05, 0.1) is 10.3 Å². The molecule has 114 valence electrons. The van der Waals surface area contributed by atoms with Crippen molar-refractivity contribution in [1.82, 2.24) is 0 Å². The Balaban J connectivity index is 2.35. The van der Waals surface area contributed by atoms with Crippen molar-refractivity contribution in [2.24, 2.45) is 5.41 Å². The van der Waals surface area contributed by atoms with Crippen molar-refractivity contribution in [2.75, 3.05) is 0 Å². The summed E-state index contributed by atoms with van der Waals surface area (Å²) in [6.45, 7) is 1.71. The summed E-state index contributed by atoms with van der Waals surface area (Å²) in [5.74, 6) is -0.768. The van der Waals surface area contributed by atoms with Crippen LogP contribution in [0.1, 0.15) is 49.7 Å². The van der Waals surface area contributed by atoms with Crippen molar-refractivity contribution in [3.63, 3.8) is 0 Å². The molecular weight excluding hydrogens is 270 g/mol. The van der Waals surface area contributed by atoms with Crippen molar-refractivity contribution in [3.05, 3.63) is 39.4 Å². The normalized spacial score (nSPS) is 18.0. The lowest BCUT2D eigenvalue weighted by atomic mass is 9.74. The van der Waals surface area contributed by atoms with Crippen molar-refractivity contribution in [2.45, 2.75) is 51.9 Å². The quantitative estimate of drug-likeness (QED) is 0.518. The summed E-state index contributed by atoms with van der Waals surface area (Å²) in [7, 11) is 0. The van der Waals surface area contributed by atoms with E-state index in [9.17, 15) is 20.0 Å². The molecule has 0 aliphatic heterocycles. The third kappa shape index (κ3) is 3.23. The van der Waals surface area contributed by atoms with Gasteiger partial charge in [-0.05, 0) is 31.7 Å². The number of carboxylic acid groups (broad SMARTS) is 1. The second-order valence-corrected chi connectivity index (χ2v) is 5.99. The number of carbonyl (C=O) groups is 1. The number of nitro groups is 1. The van der Waals surface area contributed by atoms with Crippen LogP contribution in [0.4, 0.5) is 5.69 Å². The minimum atomic E-state index is -0.768. The SMILES string of the molecule is Cc1c(CC2(C(=O)O)CCCCCC2)cccc1[N+](=O)[O-]. The molecule has 0 amide bonds. The zero-order chi connectivity index (χ0) is 15.5. The Morgan fingerprint density at radius 2 is 1.90 bits per heavy atom. The standard InChI is InChI=1S/C16H21NO4/c1-12-13(7-6-8-14(12)17(20)21)11-16(15(18)19)9-4-2-3-5-10-16/h6-8H,2-5,9-11H2,1H3,(H,18,19). The van der Waals surface area contributed by atoms with Crippen LogP contribution in [0.15, 0.2) is 18.2 Å². The Bertz CT molecular complexity index is 545. The number of aliphatic carboxylic acids is 1. The molecule has 0 spiro atoms. The summed E-state index contributed by atoms with van der Waals surface area (Å²) in [4.78, 5) is 22.5. The molecular formula is C16H21NO4. The molecule has 1 aliphatic rings. The highest BCUT2D eigenvalue weighted by Crippen LogP contribution is 2.39. The number of carboxylic acids is 1. The van der Waals surface area contributed by atoms with Crippen LogP contribution in [0, 0.1) is 22.5 Å². The zero-order valence-electron chi connectivity index (χ0n) is 12.3. The summed E-state index contributed by atoms with van der Waals surface area (Å²) in [6.07, 6.45) is 5.68. The average molecular weight is 291 g/mol. The van der Waals surface area contributed by atoms with Crippen LogP contribution in [-0.2, 0) is 11.2 Å². The highest BCUT2D eigenvalue weighted by atomic mass is 16.6. The van der Waals surface area contributed by atoms with Gasteiger partial charge < -0.3 is 5.11 Å². The first-order valence-corrected chi connectivity index (χ1v) is 7.42. The lowest BCUT2D eigenvalue weighted by Crippen LogP contribution is -2.33. The third-order valence-corrected chi connectivity index (χ3v) is 4.66. The van der Waals surface area contributed by atoms with E-state index >= 15 is 0 Å². The summed E-state index contributed by atoms with van der Waals surface area (Å²) < 4.78 is 0. The predicted octanol–water partition coefficient (Wildman–Crippen LogP) is 3.87. The molecule has 1 aliphatic carbocycles. The molecule has 1 N–H and O–H groups in total. The van der Waals surface area contributed by atoms with Gasteiger partial charge in [-0.1, -0.05) is 37.8 Å². The molecule has 0 saturated heterocycles. The van der Waals surface area contributed by atoms with Crippen LogP contribution in [0.25, 0.3) is 0 Å². The van der Waals surface area contributed by atoms with Gasteiger partial charge >= 0.3 is 5.97 Å². The van der Waals surface area contributed by atoms with E-state index < -0.39 is 16.3 Å². The lowest BCUT2D eigenvalue weighted by molar-refractivity contribution is -0.385. The molecule has 21 heavy (non-hydrogen) atoms. The number of rotatable bonds is 4. The second kappa shape index (κ2) is 6.24. The molecule has 5 heteroatoms. The highest BCUT2D eigenvalue weighted by molar-refractivity contribution is 5.75. The Hall–Kier alpha value is -1.91. The predicted molar refractivity (Wildman–Crippen MR) is 79.3 cm³/mol. The minimum Gasteiger partial charge on any atom is -0.481 e. The Kier molecular flexibility index (Phi) is 4.60. The van der Waals surface area contributed by atoms with E-state index in [4.69, 9.17) is 0 Å². The van der Waals surface area contributed by atoms with Crippen molar-refractivity contribution in [3.8, 4) is 0 Å². The number of nitrogens with zero attached hydrogens (tertiary/aromatic N) is 1. The lowest BCUT2D eigenvalue weighted by Gasteiger charge is -2.28. The molecule has 1 saturated carbocycles. The number of benzene rings is 1. The molecule has 0 atom stereocenters. The molecule has 0 radical (unpaired) electrons. The van der Waals surface area contributed by atoms with Gasteiger partial charge in [-0.15, -0.1) is 0 Å². The fourth-order valence-electron chi connectivity index (χ4n) is 3.30. The number of hydrogen-bond acceptors (Lipinski definition) is 3. The van der Waals surface area contributed by atoms with Gasteiger partial charge in [0.1, 0.15) is 0 Å². The highest BCUT2D eigenvalue weighted by Gasteiger charge is 2.39. The van der Waals surface area contributed by atoms with Gasteiger partial charge in [0.15, 0.2) is 0 Å². The first-order valence-electron chi connectivity index (χ1n) is 7.42. The molecule has 1 aromatic carbocycles. The van der Waals surface area contributed by atoms with Crippen molar-refractivity contribution < 1.29 is 14.8 Å². The van der Waals surface area contributed by atoms with Crippen LogP contribution in [0.5, 0.6) is 0 Å². The molecule has 1 aromatic rings. The minimum absolute atomic E-state index is 0.0710. The van der Waals surface area contributed by atoms with E-state index in [1.54, 1.807) is 13.0 Å². The van der Waals surface area contributed by atoms with Gasteiger partial charge in [-0.2, -0.15) is 0 Å². The first-order chi connectivity index (χ1) is 9.96. The Morgan fingerprint density at radius 1 is 1.29 bits per heavy atom. The van der Waals surface area contributed by atoms with E-state index in [1.165, 1.54) is 6.07 Å². The van der Waals surface area contributed by atoms with Crippen LogP contribution in [-0.4, -0.2) is 16.0 Å². The smallest absolute Gasteiger partial charge is 0.309 e. The molecule has 2 rings (SSSR count). The maximum absolute atomic E-state index is 11.8. The topological polar surface area (TPSA) is 80.4 Å². The molecule has 0 heterocycles. The van der Waals surface area contributed by atoms with Gasteiger partial charge in [0.2, 0.25) is 0 Å². The van der Waals surface area contributed by atoms with Gasteiger partial charge in [-0.3, -0.25) is 14.9 Å². The number of hydrogen-bond donors (Lipinski definition) is 1. The van der Waals surface area contributed by atoms with E-state index in [-0.39, 0.29) is 5.69 Å². The van der Waals surface area contributed by atoms with Crippen LogP contribution < -0.4 is 0 Å². The van der Waals surface area contributed by atoms with E-state index in [2.05, 4.69) is 0 Å². The fraction of sp³-hybridized carbons (Fsp3) is 0.562. The maximum Gasteiger partial charge on any atom is 0.309 e. The van der Waals surface area contributed by atoms with Crippen LogP contribution in [0.2, 0.25) is 0 Å². The summed E-state index contributed by atoms with van der Waals surface area (Å²) in [5.41, 5.74) is 0.679. The van der Waals surface area contributed by atoms with Crippen LogP contribution in [0.3, 0.4) is 0 Å². The van der Waals surface area contributed by atoms with Crippen LogP contribution >= 0.6 is 0 Å². The van der Waals surface area contributed by atoms with E-state index in [0.29, 0.717) is 24.8 Å². The summed E-state index contributed by atoms with van der Waals surface area (Å²) >= 11 is 0. The first kappa shape index (κ1) is 15.5. The van der Waals surface area contributed by atoms with Gasteiger partial charge in [-0.25, -0.2) is 0 Å². The van der Waals surface area contributed by atoms with E-state index in [0.717, 1.165) is 31.2 Å². The van der Waals surface area contributed by atoms with Gasteiger partial charge in [0.25, 0.3) is 5.69 Å². The second-order valence-electron chi connectivity index (χ2n) is 5.99. The molecule has 0 aromatic heterocycles. The zero-order valence-corrected chi connectivity index (χ0v) is 12.3. The summed E-state index contributed by atoms with van der Waals surface area (Å²) in [6, 6.07) is 4.93. The van der Waals surface area contributed by atoms with Crippen molar-refractivity contribution >= 4 is 11.7 Å². The molecule has 0 unspecified atom stereocenters. The number of nitro benzene ring substituents is 1. The Morgan fingerprint density at radius 3 is 2.43 bits per heavy atom. The fourth-order valence-corrected chi connectivity index (χ4v) is 3.30. The average Bonchev–Trinajstić information content (AvgIpc) is 2.67. The molecule has 0 bridgehead atoms. The largest absolute Gasteiger partial charge is 0.481 e. The molecule has 5 nitrogen and oxygen atoms in total. The van der Waals surface area contributed by atoms with Gasteiger partial charge in [0, 0.05) is 11.6 Å². The monoisotopic (exact) mass is 291 g/mol. The third-order valence-electron chi connectivity index (χ3n) is 4.66.